The average Bonchev–Trinajstić information content (AvgIpc) is 3.35. The Morgan fingerprint density at radius 1 is 1.21 bits per heavy atom. The number of hydrogen-bond acceptors (Lipinski definition) is 6. The van der Waals surface area contributed by atoms with Gasteiger partial charge in [-0.15, -0.1) is 10.2 Å². The minimum Gasteiger partial charge on any atom is -0.348 e. The zero-order valence-electron chi connectivity index (χ0n) is 15.9. The Balaban J connectivity index is 1.35. The van der Waals surface area contributed by atoms with Crippen LogP contribution in [0.3, 0.4) is 0 Å². The molecule has 8 nitrogen and oxygen atoms in total. The van der Waals surface area contributed by atoms with Gasteiger partial charge in [0.25, 0.3) is 5.89 Å². The molecule has 8 heteroatoms. The number of carbonyl (C=O) groups excluding carboxylic acids is 1. The Hall–Kier alpha value is -3.55. The molecule has 1 fully saturated rings. The van der Waals surface area contributed by atoms with Gasteiger partial charge >= 0.3 is 0 Å². The van der Waals surface area contributed by atoms with E-state index >= 15 is 0 Å². The van der Waals surface area contributed by atoms with Crippen molar-refractivity contribution in [2.75, 3.05) is 0 Å². The summed E-state index contributed by atoms with van der Waals surface area (Å²) in [5.41, 5.74) is 2.33. The van der Waals surface area contributed by atoms with Gasteiger partial charge in [0, 0.05) is 12.1 Å². The summed E-state index contributed by atoms with van der Waals surface area (Å²) in [7, 11) is 0. The highest BCUT2D eigenvalue weighted by molar-refractivity contribution is 5.83. The van der Waals surface area contributed by atoms with Crippen molar-refractivity contribution < 1.29 is 9.32 Å². The van der Waals surface area contributed by atoms with Gasteiger partial charge in [0.1, 0.15) is 0 Å². The fourth-order valence-corrected chi connectivity index (χ4v) is 3.32. The number of nitrogens with zero attached hydrogens (tertiary/aromatic N) is 5. The highest BCUT2D eigenvalue weighted by Crippen LogP contribution is 2.39. The van der Waals surface area contributed by atoms with Crippen LogP contribution in [0.5, 0.6) is 0 Å². The maximum absolute atomic E-state index is 12.5. The van der Waals surface area contributed by atoms with Crippen LogP contribution in [0, 0.1) is 0 Å². The van der Waals surface area contributed by atoms with Crippen LogP contribution in [0.25, 0.3) is 17.1 Å². The topological polar surface area (TPSA) is 98.2 Å². The van der Waals surface area contributed by atoms with Crippen LogP contribution >= 0.6 is 0 Å². The standard InChI is InChI=1S/C21H20N6O2/c1-13(14-6-3-2-4-7-14)20(28)22-12-17-24-25-19-16(8-5-11-27(17)19)21-23-18(26-29-21)15-9-10-15/h2-8,11,13,15H,9-10,12H2,1H3,(H,22,28)/t13-/m1/s1. The van der Waals surface area contributed by atoms with Crippen LogP contribution in [-0.4, -0.2) is 30.6 Å². The minimum absolute atomic E-state index is 0.0601. The molecule has 146 valence electrons. The van der Waals surface area contributed by atoms with E-state index < -0.39 is 0 Å². The third kappa shape index (κ3) is 3.37. The molecule has 0 saturated heterocycles. The first-order valence-electron chi connectivity index (χ1n) is 9.70. The van der Waals surface area contributed by atoms with E-state index in [0.717, 1.165) is 29.8 Å². The number of hydrogen-bond donors (Lipinski definition) is 1. The van der Waals surface area contributed by atoms with Gasteiger partial charge in [-0.25, -0.2) is 0 Å². The summed E-state index contributed by atoms with van der Waals surface area (Å²) in [4.78, 5) is 17.0. The summed E-state index contributed by atoms with van der Waals surface area (Å²) >= 11 is 0. The van der Waals surface area contributed by atoms with Crippen LogP contribution < -0.4 is 5.32 Å². The second kappa shape index (κ2) is 7.12. The van der Waals surface area contributed by atoms with Crippen molar-refractivity contribution in [3.8, 4) is 11.5 Å². The van der Waals surface area contributed by atoms with Gasteiger partial charge in [-0.3, -0.25) is 9.20 Å². The lowest BCUT2D eigenvalue weighted by atomic mass is 10.0. The number of aromatic nitrogens is 5. The zero-order valence-corrected chi connectivity index (χ0v) is 15.9. The molecule has 4 aromatic rings. The van der Waals surface area contributed by atoms with Crippen molar-refractivity contribution in [3.63, 3.8) is 0 Å². The number of fused-ring (bicyclic) bond motifs is 1. The van der Waals surface area contributed by atoms with Crippen molar-refractivity contribution in [3.05, 3.63) is 65.9 Å². The molecule has 0 aliphatic heterocycles. The smallest absolute Gasteiger partial charge is 0.261 e. The van der Waals surface area contributed by atoms with Gasteiger partial charge in [0.2, 0.25) is 5.91 Å². The fourth-order valence-electron chi connectivity index (χ4n) is 3.32. The first-order chi connectivity index (χ1) is 14.2. The predicted molar refractivity (Wildman–Crippen MR) is 105 cm³/mol. The average molecular weight is 388 g/mol. The number of nitrogens with one attached hydrogen (secondary N) is 1. The van der Waals surface area contributed by atoms with Crippen LogP contribution in [-0.2, 0) is 11.3 Å². The lowest BCUT2D eigenvalue weighted by molar-refractivity contribution is -0.122. The van der Waals surface area contributed by atoms with Gasteiger partial charge in [0.15, 0.2) is 17.3 Å². The van der Waals surface area contributed by atoms with Crippen molar-refractivity contribution in [1.29, 1.82) is 0 Å². The van der Waals surface area contributed by atoms with Crippen molar-refractivity contribution in [1.82, 2.24) is 30.1 Å². The largest absolute Gasteiger partial charge is 0.348 e. The molecule has 1 amide bonds. The molecule has 1 aliphatic carbocycles. The molecule has 1 aromatic carbocycles. The Morgan fingerprint density at radius 3 is 2.83 bits per heavy atom. The zero-order chi connectivity index (χ0) is 19.8. The molecule has 0 spiro atoms. The second-order valence-corrected chi connectivity index (χ2v) is 7.31. The van der Waals surface area contributed by atoms with Crippen molar-refractivity contribution in [2.24, 2.45) is 0 Å². The van der Waals surface area contributed by atoms with E-state index in [1.54, 1.807) is 0 Å². The molecule has 1 atom stereocenters. The van der Waals surface area contributed by atoms with E-state index in [-0.39, 0.29) is 18.4 Å². The number of pyridine rings is 1. The normalized spacial score (nSPS) is 14.8. The third-order valence-electron chi connectivity index (χ3n) is 5.23. The molecular weight excluding hydrogens is 368 g/mol. The van der Waals surface area contributed by atoms with Crippen molar-refractivity contribution >= 4 is 11.6 Å². The number of benzene rings is 1. The van der Waals surface area contributed by atoms with Crippen molar-refractivity contribution in [2.45, 2.75) is 38.1 Å². The van der Waals surface area contributed by atoms with Gasteiger partial charge < -0.3 is 9.84 Å². The minimum atomic E-state index is -0.245. The Labute approximate surface area is 167 Å². The maximum Gasteiger partial charge on any atom is 0.261 e. The van der Waals surface area contributed by atoms with Crippen LogP contribution in [0.1, 0.15) is 48.8 Å². The third-order valence-corrected chi connectivity index (χ3v) is 5.23. The molecule has 0 unspecified atom stereocenters. The Bertz CT molecular complexity index is 1160. The Morgan fingerprint density at radius 2 is 2.03 bits per heavy atom. The predicted octanol–water partition coefficient (Wildman–Crippen LogP) is 3.08. The lowest BCUT2D eigenvalue weighted by Gasteiger charge is -2.12. The quantitative estimate of drug-likeness (QED) is 0.545. The SMILES string of the molecule is C[C@@H](C(=O)NCc1nnc2c(-c3nc(C4CC4)no3)cccn12)c1ccccc1. The fraction of sp³-hybridized carbons (Fsp3) is 0.286. The highest BCUT2D eigenvalue weighted by atomic mass is 16.5. The molecule has 0 bridgehead atoms. The van der Waals surface area contributed by atoms with Gasteiger partial charge in [-0.1, -0.05) is 35.5 Å². The molecule has 5 rings (SSSR count). The van der Waals surface area contributed by atoms with E-state index in [1.807, 2.05) is 60.0 Å². The van der Waals surface area contributed by atoms with Gasteiger partial charge in [-0.05, 0) is 37.5 Å². The monoisotopic (exact) mass is 388 g/mol. The summed E-state index contributed by atoms with van der Waals surface area (Å²) in [6, 6.07) is 13.5. The molecule has 3 heterocycles. The highest BCUT2D eigenvalue weighted by Gasteiger charge is 2.29. The molecule has 29 heavy (non-hydrogen) atoms. The van der Waals surface area contributed by atoms with Gasteiger partial charge in [-0.2, -0.15) is 4.98 Å². The van der Waals surface area contributed by atoms with E-state index in [1.165, 1.54) is 0 Å². The van der Waals surface area contributed by atoms with E-state index in [4.69, 9.17) is 4.52 Å². The van der Waals surface area contributed by atoms with Crippen LogP contribution in [0.2, 0.25) is 0 Å². The summed E-state index contributed by atoms with van der Waals surface area (Å²) in [6.07, 6.45) is 4.08. The Kier molecular flexibility index (Phi) is 4.31. The lowest BCUT2D eigenvalue weighted by Crippen LogP contribution is -2.28. The number of rotatable bonds is 6. The van der Waals surface area contributed by atoms with Crippen LogP contribution in [0.15, 0.2) is 53.2 Å². The van der Waals surface area contributed by atoms with Gasteiger partial charge in [0.05, 0.1) is 18.0 Å². The second-order valence-electron chi connectivity index (χ2n) is 7.31. The summed E-state index contributed by atoms with van der Waals surface area (Å²) in [5.74, 6) is 1.95. The molecule has 3 aromatic heterocycles. The summed E-state index contributed by atoms with van der Waals surface area (Å²) in [6.45, 7) is 2.16. The number of carbonyl (C=O) groups is 1. The molecule has 1 aliphatic rings. The van der Waals surface area contributed by atoms with E-state index in [2.05, 4.69) is 25.7 Å². The first-order valence-corrected chi connectivity index (χ1v) is 9.70. The van der Waals surface area contributed by atoms with Crippen LogP contribution in [0.4, 0.5) is 0 Å². The summed E-state index contributed by atoms with van der Waals surface area (Å²) in [5, 5.41) is 15.6. The molecule has 1 saturated carbocycles. The molecule has 1 N–H and O–H groups in total. The van der Waals surface area contributed by atoms with E-state index in [0.29, 0.717) is 23.3 Å². The summed E-state index contributed by atoms with van der Waals surface area (Å²) < 4.78 is 7.27. The molecule has 0 radical (unpaired) electrons. The maximum atomic E-state index is 12.5. The molecular formula is C21H20N6O2. The number of amides is 1. The van der Waals surface area contributed by atoms with E-state index in [9.17, 15) is 4.79 Å². The first kappa shape index (κ1) is 17.5.